The Bertz CT molecular complexity index is 1260. The summed E-state index contributed by atoms with van der Waals surface area (Å²) < 4.78 is 19.7. The molecule has 0 bridgehead atoms. The standard InChI is InChI=1S/C22H19FN4O3/c1-2-14-4-3-5-17(12-14)25-18(28)10-11-27-13-24-21-19(22(27)29)20(26-30-21)15-6-8-16(23)9-7-15/h3-9,12-13H,2,10-11H2,1H3,(H,25,28). The van der Waals surface area contributed by atoms with Crippen LogP contribution in [0.25, 0.3) is 22.4 Å². The molecule has 2 heterocycles. The number of benzene rings is 2. The van der Waals surface area contributed by atoms with Crippen LogP contribution in [0.2, 0.25) is 0 Å². The third-order valence-corrected chi connectivity index (χ3v) is 4.78. The van der Waals surface area contributed by atoms with Crippen LogP contribution in [-0.2, 0) is 17.8 Å². The molecule has 152 valence electrons. The van der Waals surface area contributed by atoms with Gasteiger partial charge in [-0.05, 0) is 48.4 Å². The summed E-state index contributed by atoms with van der Waals surface area (Å²) in [5, 5.41) is 6.95. The number of aromatic nitrogens is 3. The van der Waals surface area contributed by atoms with Gasteiger partial charge in [0.1, 0.15) is 23.2 Å². The van der Waals surface area contributed by atoms with Crippen LogP contribution in [0.4, 0.5) is 10.1 Å². The van der Waals surface area contributed by atoms with Crippen molar-refractivity contribution in [1.82, 2.24) is 14.7 Å². The molecular weight excluding hydrogens is 387 g/mol. The maximum atomic E-state index is 13.2. The minimum Gasteiger partial charge on any atom is -0.335 e. The second kappa shape index (κ2) is 8.28. The monoisotopic (exact) mass is 406 g/mol. The van der Waals surface area contributed by atoms with Gasteiger partial charge < -0.3 is 9.84 Å². The molecule has 30 heavy (non-hydrogen) atoms. The smallest absolute Gasteiger partial charge is 0.266 e. The molecule has 0 fully saturated rings. The minimum absolute atomic E-state index is 0.0939. The molecular formula is C22H19FN4O3. The molecule has 2 aromatic carbocycles. The van der Waals surface area contributed by atoms with Crippen LogP contribution in [-0.4, -0.2) is 20.6 Å². The van der Waals surface area contributed by atoms with Crippen LogP contribution < -0.4 is 10.9 Å². The normalized spacial score (nSPS) is 11.0. The van der Waals surface area contributed by atoms with E-state index in [1.54, 1.807) is 0 Å². The molecule has 0 aliphatic rings. The topological polar surface area (TPSA) is 90.0 Å². The van der Waals surface area contributed by atoms with Crippen molar-refractivity contribution in [1.29, 1.82) is 0 Å². The largest absolute Gasteiger partial charge is 0.335 e. The molecule has 1 N–H and O–H groups in total. The highest BCUT2D eigenvalue weighted by atomic mass is 19.1. The fourth-order valence-electron chi connectivity index (χ4n) is 3.16. The van der Waals surface area contributed by atoms with Gasteiger partial charge in [0.15, 0.2) is 0 Å². The van der Waals surface area contributed by atoms with E-state index in [0.29, 0.717) is 5.56 Å². The lowest BCUT2D eigenvalue weighted by atomic mass is 10.1. The molecule has 8 heteroatoms. The SMILES string of the molecule is CCc1cccc(NC(=O)CCn2cnc3onc(-c4ccc(F)cc4)c3c2=O)c1. The van der Waals surface area contributed by atoms with Crippen molar-refractivity contribution >= 4 is 22.7 Å². The van der Waals surface area contributed by atoms with Gasteiger partial charge in [-0.25, -0.2) is 9.37 Å². The van der Waals surface area contributed by atoms with E-state index < -0.39 is 5.82 Å². The van der Waals surface area contributed by atoms with E-state index in [1.165, 1.54) is 35.2 Å². The fourth-order valence-corrected chi connectivity index (χ4v) is 3.16. The van der Waals surface area contributed by atoms with E-state index >= 15 is 0 Å². The molecule has 4 rings (SSSR count). The quantitative estimate of drug-likeness (QED) is 0.526. The van der Waals surface area contributed by atoms with Crippen molar-refractivity contribution < 1.29 is 13.7 Å². The fraction of sp³-hybridized carbons (Fsp3) is 0.182. The number of carbonyl (C=O) groups excluding carboxylic acids is 1. The molecule has 0 saturated carbocycles. The Morgan fingerprint density at radius 2 is 2.00 bits per heavy atom. The summed E-state index contributed by atoms with van der Waals surface area (Å²) in [5.74, 6) is -0.600. The third kappa shape index (κ3) is 3.98. The summed E-state index contributed by atoms with van der Waals surface area (Å²) in [6.07, 6.45) is 2.30. The van der Waals surface area contributed by atoms with Gasteiger partial charge in [-0.1, -0.05) is 24.2 Å². The lowest BCUT2D eigenvalue weighted by Gasteiger charge is -2.08. The zero-order valence-electron chi connectivity index (χ0n) is 16.3. The predicted molar refractivity (Wildman–Crippen MR) is 111 cm³/mol. The van der Waals surface area contributed by atoms with Crippen LogP contribution in [0.3, 0.4) is 0 Å². The van der Waals surface area contributed by atoms with Gasteiger partial charge in [0.05, 0.1) is 0 Å². The summed E-state index contributed by atoms with van der Waals surface area (Å²) in [6, 6.07) is 13.2. The molecule has 0 atom stereocenters. The number of halogens is 1. The first kappa shape index (κ1) is 19.5. The predicted octanol–water partition coefficient (Wildman–Crippen LogP) is 3.78. The van der Waals surface area contributed by atoms with E-state index in [9.17, 15) is 14.0 Å². The van der Waals surface area contributed by atoms with E-state index in [-0.39, 0.29) is 41.2 Å². The molecule has 2 aromatic heterocycles. The number of hydrogen-bond donors (Lipinski definition) is 1. The van der Waals surface area contributed by atoms with Gasteiger partial charge in [-0.15, -0.1) is 0 Å². The van der Waals surface area contributed by atoms with Crippen molar-refractivity contribution in [2.75, 3.05) is 5.32 Å². The van der Waals surface area contributed by atoms with Gasteiger partial charge in [0, 0.05) is 24.2 Å². The Kier molecular flexibility index (Phi) is 5.38. The molecule has 0 radical (unpaired) electrons. The Labute approximate surface area is 171 Å². The Hall–Kier alpha value is -3.81. The van der Waals surface area contributed by atoms with Crippen molar-refractivity contribution in [2.45, 2.75) is 26.3 Å². The lowest BCUT2D eigenvalue weighted by Crippen LogP contribution is -2.23. The highest BCUT2D eigenvalue weighted by Crippen LogP contribution is 2.24. The highest BCUT2D eigenvalue weighted by Gasteiger charge is 2.17. The maximum Gasteiger partial charge on any atom is 0.266 e. The number of hydrogen-bond acceptors (Lipinski definition) is 5. The first-order chi connectivity index (χ1) is 14.5. The first-order valence-corrected chi connectivity index (χ1v) is 9.54. The van der Waals surface area contributed by atoms with E-state index in [4.69, 9.17) is 4.52 Å². The number of amides is 1. The molecule has 0 aliphatic carbocycles. The average Bonchev–Trinajstić information content (AvgIpc) is 3.19. The van der Waals surface area contributed by atoms with E-state index in [0.717, 1.165) is 17.7 Å². The number of nitrogens with zero attached hydrogens (tertiary/aromatic N) is 3. The summed E-state index contributed by atoms with van der Waals surface area (Å²) in [7, 11) is 0. The van der Waals surface area contributed by atoms with Gasteiger partial charge in [-0.2, -0.15) is 0 Å². The van der Waals surface area contributed by atoms with Gasteiger partial charge in [0.25, 0.3) is 11.3 Å². The number of aryl methyl sites for hydroxylation is 2. The van der Waals surface area contributed by atoms with Crippen LogP contribution in [0.1, 0.15) is 18.9 Å². The second-order valence-electron chi connectivity index (χ2n) is 6.81. The van der Waals surface area contributed by atoms with E-state index in [2.05, 4.69) is 15.5 Å². The highest BCUT2D eigenvalue weighted by molar-refractivity contribution is 5.91. The molecule has 0 unspecified atom stereocenters. The molecule has 7 nitrogen and oxygen atoms in total. The van der Waals surface area contributed by atoms with Crippen molar-refractivity contribution in [3.63, 3.8) is 0 Å². The second-order valence-corrected chi connectivity index (χ2v) is 6.81. The van der Waals surface area contributed by atoms with Crippen LogP contribution in [0, 0.1) is 5.82 Å². The van der Waals surface area contributed by atoms with Gasteiger partial charge in [-0.3, -0.25) is 14.2 Å². The van der Waals surface area contributed by atoms with Crippen LogP contribution in [0.15, 0.2) is 64.2 Å². The Morgan fingerprint density at radius 1 is 1.20 bits per heavy atom. The third-order valence-electron chi connectivity index (χ3n) is 4.78. The van der Waals surface area contributed by atoms with Crippen molar-refractivity contribution in [2.24, 2.45) is 0 Å². The first-order valence-electron chi connectivity index (χ1n) is 9.54. The number of anilines is 1. The number of fused-ring (bicyclic) bond motifs is 1. The van der Waals surface area contributed by atoms with Crippen LogP contribution in [0.5, 0.6) is 0 Å². The number of nitrogens with one attached hydrogen (secondary N) is 1. The molecule has 1 amide bonds. The summed E-state index contributed by atoms with van der Waals surface area (Å²) in [4.78, 5) is 29.4. The molecule has 0 saturated heterocycles. The minimum atomic E-state index is -0.391. The molecule has 4 aromatic rings. The summed E-state index contributed by atoms with van der Waals surface area (Å²) in [6.45, 7) is 2.19. The van der Waals surface area contributed by atoms with Crippen LogP contribution >= 0.6 is 0 Å². The summed E-state index contributed by atoms with van der Waals surface area (Å²) in [5.41, 5.74) is 2.40. The molecule has 0 aliphatic heterocycles. The average molecular weight is 406 g/mol. The zero-order valence-corrected chi connectivity index (χ0v) is 16.3. The number of carbonyl (C=O) groups is 1. The Morgan fingerprint density at radius 3 is 2.77 bits per heavy atom. The van der Waals surface area contributed by atoms with Crippen molar-refractivity contribution in [3.05, 3.63) is 76.6 Å². The van der Waals surface area contributed by atoms with E-state index in [1.807, 2.05) is 31.2 Å². The van der Waals surface area contributed by atoms with Crippen molar-refractivity contribution in [3.8, 4) is 11.3 Å². The Balaban J connectivity index is 1.54. The lowest BCUT2D eigenvalue weighted by molar-refractivity contribution is -0.116. The van der Waals surface area contributed by atoms with Gasteiger partial charge in [0.2, 0.25) is 5.91 Å². The maximum absolute atomic E-state index is 13.2. The molecule has 0 spiro atoms. The summed E-state index contributed by atoms with van der Waals surface area (Å²) >= 11 is 0. The van der Waals surface area contributed by atoms with Gasteiger partial charge >= 0.3 is 0 Å². The zero-order chi connectivity index (χ0) is 21.1. The number of rotatable bonds is 6.